The Morgan fingerprint density at radius 2 is 0.667 bits per heavy atom. The molecule has 0 aliphatic heterocycles. The Kier molecular flexibility index (Phi) is 10.6. The second kappa shape index (κ2) is 6.19. The van der Waals surface area contributed by atoms with Gasteiger partial charge < -0.3 is 0 Å². The van der Waals surface area contributed by atoms with E-state index >= 15 is 0 Å². The average Bonchev–Trinajstić information content (AvgIpc) is 0.722. The van der Waals surface area contributed by atoms with Crippen LogP contribution >= 0.6 is 0 Å². The third-order valence-electron chi connectivity index (χ3n) is 1.000. The molecule has 0 atom stereocenters. The zero-order valence-corrected chi connectivity index (χ0v) is 2.83. The van der Waals surface area contributed by atoms with Crippen molar-refractivity contribution in [1.29, 1.82) is 0 Å². The maximum atomic E-state index is 1.50. The molecule has 0 unspecified atom stereocenters. The van der Waals surface area contributed by atoms with Crippen LogP contribution in [0.2, 0.25) is 0 Å². The van der Waals surface area contributed by atoms with Crippen LogP contribution < -0.4 is 0 Å². The monoisotopic (exact) mass is 72.1 g/mol. The first-order chi connectivity index (χ1) is 2.00. The molecule has 1 aliphatic rings. The van der Waals surface area contributed by atoms with Crippen LogP contribution in [-0.2, 0) is 0 Å². The average molecular weight is 72.0 g/mol. The molecule has 0 aromatic rings. The molecule has 0 nitrogen and oxygen atoms in total. The summed E-state index contributed by atoms with van der Waals surface area (Å²) in [4.78, 5) is 0. The number of hydrogen-bond acceptors (Lipinski definition) is 0. The normalized spacial score (nSPS) is 16.0. The fourth-order valence-corrected chi connectivity index (χ4v) is 0.250. The van der Waals surface area contributed by atoms with E-state index in [4.69, 9.17) is 0 Å². The Morgan fingerprint density at radius 1 is 0.500 bits per heavy atom. The van der Waals surface area contributed by atoms with Crippen LogP contribution in [0.5, 0.6) is 0 Å². The molecular formula is C4H10Li2. The molecule has 0 N–H and O–H groups in total. The second-order valence-corrected chi connectivity index (χ2v) is 1.41. The third-order valence-corrected chi connectivity index (χ3v) is 1.000. The first kappa shape index (κ1) is 10.2. The van der Waals surface area contributed by atoms with Crippen LogP contribution in [0.15, 0.2) is 0 Å². The van der Waals surface area contributed by atoms with E-state index < -0.39 is 0 Å². The predicted octanol–water partition coefficient (Wildman–Crippen LogP) is 0.263. The van der Waals surface area contributed by atoms with Crippen molar-refractivity contribution in [2.45, 2.75) is 25.7 Å². The Labute approximate surface area is 63.4 Å². The Bertz CT molecular complexity index is 13.5. The summed E-state index contributed by atoms with van der Waals surface area (Å²) in [6, 6.07) is 0. The van der Waals surface area contributed by atoms with Crippen LogP contribution in [0.4, 0.5) is 0 Å². The molecule has 0 saturated heterocycles. The van der Waals surface area contributed by atoms with E-state index in [1.54, 1.807) is 0 Å². The molecule has 1 saturated carbocycles. The molecule has 28 valence electrons. The minimum atomic E-state index is 0. The van der Waals surface area contributed by atoms with Crippen LogP contribution in [0, 0.1) is 0 Å². The quantitative estimate of drug-likeness (QED) is 0.360. The van der Waals surface area contributed by atoms with Gasteiger partial charge in [0.2, 0.25) is 0 Å². The Morgan fingerprint density at radius 3 is 0.667 bits per heavy atom. The van der Waals surface area contributed by atoms with Gasteiger partial charge in [0.15, 0.2) is 0 Å². The molecule has 1 rings (SSSR count). The molecule has 2 heteroatoms. The molecule has 6 heavy (non-hydrogen) atoms. The van der Waals surface area contributed by atoms with E-state index in [2.05, 4.69) is 0 Å². The SMILES string of the molecule is C1CCC1.[LiH].[LiH]. The van der Waals surface area contributed by atoms with Crippen molar-refractivity contribution < 1.29 is 0 Å². The van der Waals surface area contributed by atoms with Gasteiger partial charge in [0.25, 0.3) is 0 Å². The van der Waals surface area contributed by atoms with Gasteiger partial charge in [-0.15, -0.1) is 0 Å². The van der Waals surface area contributed by atoms with Crippen molar-refractivity contribution in [2.75, 3.05) is 0 Å². The number of hydrogen-bond donors (Lipinski definition) is 0. The van der Waals surface area contributed by atoms with E-state index in [-0.39, 0.29) is 37.7 Å². The second-order valence-electron chi connectivity index (χ2n) is 1.41. The molecule has 1 fully saturated rings. The van der Waals surface area contributed by atoms with E-state index in [1.165, 1.54) is 25.7 Å². The van der Waals surface area contributed by atoms with Gasteiger partial charge in [-0.25, -0.2) is 0 Å². The van der Waals surface area contributed by atoms with Gasteiger partial charge in [-0.2, -0.15) is 0 Å². The summed E-state index contributed by atoms with van der Waals surface area (Å²) in [6.07, 6.45) is 6.00. The van der Waals surface area contributed by atoms with Gasteiger partial charge in [0.1, 0.15) is 0 Å². The summed E-state index contributed by atoms with van der Waals surface area (Å²) in [7, 11) is 0. The summed E-state index contributed by atoms with van der Waals surface area (Å²) in [5.74, 6) is 0. The fraction of sp³-hybridized carbons (Fsp3) is 1.00. The molecule has 0 aromatic carbocycles. The van der Waals surface area contributed by atoms with E-state index in [0.717, 1.165) is 0 Å². The summed E-state index contributed by atoms with van der Waals surface area (Å²) < 4.78 is 0. The molecule has 0 aromatic heterocycles. The van der Waals surface area contributed by atoms with E-state index in [9.17, 15) is 0 Å². The molecule has 0 spiro atoms. The minimum absolute atomic E-state index is 0. The molecule has 0 bridgehead atoms. The molecule has 0 amide bonds. The van der Waals surface area contributed by atoms with Gasteiger partial charge in [0, 0.05) is 0 Å². The molecule has 0 radical (unpaired) electrons. The zero-order chi connectivity index (χ0) is 2.83. The Hall–Kier alpha value is 1.19. The third kappa shape index (κ3) is 3.39. The molecular weight excluding hydrogens is 61.9 g/mol. The first-order valence-electron chi connectivity index (χ1n) is 2.00. The van der Waals surface area contributed by atoms with Crippen molar-refractivity contribution >= 4 is 37.7 Å². The van der Waals surface area contributed by atoms with Gasteiger partial charge >= 0.3 is 37.7 Å². The van der Waals surface area contributed by atoms with Crippen LogP contribution in [-0.4, -0.2) is 37.7 Å². The number of rotatable bonds is 0. The Balaban J connectivity index is 0. The van der Waals surface area contributed by atoms with E-state index in [1.807, 2.05) is 0 Å². The van der Waals surface area contributed by atoms with Crippen molar-refractivity contribution in [3.05, 3.63) is 0 Å². The summed E-state index contributed by atoms with van der Waals surface area (Å²) in [5.41, 5.74) is 0. The predicted molar refractivity (Wildman–Crippen MR) is 32.8 cm³/mol. The van der Waals surface area contributed by atoms with Gasteiger partial charge in [-0.3, -0.25) is 0 Å². The first-order valence-corrected chi connectivity index (χ1v) is 2.00. The summed E-state index contributed by atoms with van der Waals surface area (Å²) >= 11 is 0. The van der Waals surface area contributed by atoms with Crippen LogP contribution in [0.1, 0.15) is 25.7 Å². The van der Waals surface area contributed by atoms with Crippen molar-refractivity contribution in [1.82, 2.24) is 0 Å². The molecule has 0 heterocycles. The molecule has 1 aliphatic carbocycles. The summed E-state index contributed by atoms with van der Waals surface area (Å²) in [6.45, 7) is 0. The standard InChI is InChI=1S/C4H8.2Li.2H/c1-2-4-3-1;;;;/h1-4H2;;;;. The summed E-state index contributed by atoms with van der Waals surface area (Å²) in [5, 5.41) is 0. The van der Waals surface area contributed by atoms with Crippen LogP contribution in [0.3, 0.4) is 0 Å². The fourth-order valence-electron chi connectivity index (χ4n) is 0.250. The maximum absolute atomic E-state index is 1.50. The van der Waals surface area contributed by atoms with Crippen molar-refractivity contribution in [2.24, 2.45) is 0 Å². The van der Waals surface area contributed by atoms with Gasteiger partial charge in [-0.1, -0.05) is 25.7 Å². The zero-order valence-electron chi connectivity index (χ0n) is 2.83. The van der Waals surface area contributed by atoms with Gasteiger partial charge in [-0.05, 0) is 0 Å². The topological polar surface area (TPSA) is 0 Å². The van der Waals surface area contributed by atoms with Crippen molar-refractivity contribution in [3.8, 4) is 0 Å². The van der Waals surface area contributed by atoms with Gasteiger partial charge in [0.05, 0.1) is 0 Å². The van der Waals surface area contributed by atoms with Crippen LogP contribution in [0.25, 0.3) is 0 Å². The van der Waals surface area contributed by atoms with Crippen molar-refractivity contribution in [3.63, 3.8) is 0 Å². The van der Waals surface area contributed by atoms with E-state index in [0.29, 0.717) is 0 Å².